The minimum Gasteiger partial charge on any atom is -0.465 e. The smallest absolute Gasteiger partial charge is 0.337 e. The SMILES string of the molecule is COC(=O)c1ccc(OC(=O)CSc2nnc(-c3ccccc3Cl)o2)cc1. The van der Waals surface area contributed by atoms with Gasteiger partial charge in [-0.3, -0.25) is 4.79 Å². The molecule has 3 rings (SSSR count). The molecule has 0 aliphatic carbocycles. The molecule has 9 heteroatoms. The van der Waals surface area contributed by atoms with Gasteiger partial charge in [0.2, 0.25) is 5.89 Å². The Morgan fingerprint density at radius 1 is 1.11 bits per heavy atom. The largest absolute Gasteiger partial charge is 0.465 e. The van der Waals surface area contributed by atoms with Crippen LogP contribution in [-0.2, 0) is 9.53 Å². The zero-order chi connectivity index (χ0) is 19.2. The van der Waals surface area contributed by atoms with Crippen molar-refractivity contribution >= 4 is 35.3 Å². The summed E-state index contributed by atoms with van der Waals surface area (Å²) in [5.41, 5.74) is 0.983. The van der Waals surface area contributed by atoms with E-state index in [0.717, 1.165) is 11.8 Å². The Labute approximate surface area is 163 Å². The number of esters is 2. The number of hydrogen-bond donors (Lipinski definition) is 0. The molecule has 0 N–H and O–H groups in total. The molecule has 0 bridgehead atoms. The van der Waals surface area contributed by atoms with Crippen LogP contribution in [0.2, 0.25) is 5.02 Å². The second-order valence-electron chi connectivity index (χ2n) is 5.13. The highest BCUT2D eigenvalue weighted by Gasteiger charge is 2.14. The molecule has 0 unspecified atom stereocenters. The first-order valence-electron chi connectivity index (χ1n) is 7.67. The van der Waals surface area contributed by atoms with Crippen molar-refractivity contribution in [2.45, 2.75) is 5.22 Å². The number of rotatable bonds is 6. The fourth-order valence-corrected chi connectivity index (χ4v) is 2.82. The molecule has 138 valence electrons. The highest BCUT2D eigenvalue weighted by atomic mass is 35.5. The summed E-state index contributed by atoms with van der Waals surface area (Å²) in [6.45, 7) is 0. The van der Waals surface area contributed by atoms with Crippen molar-refractivity contribution in [2.24, 2.45) is 0 Å². The first kappa shape index (κ1) is 18.9. The third-order valence-electron chi connectivity index (χ3n) is 3.33. The zero-order valence-corrected chi connectivity index (χ0v) is 15.6. The molecule has 0 fully saturated rings. The Bertz CT molecular complexity index is 958. The topological polar surface area (TPSA) is 91.5 Å². The quantitative estimate of drug-likeness (QED) is 0.347. The minimum absolute atomic E-state index is 0.0249. The third kappa shape index (κ3) is 4.87. The summed E-state index contributed by atoms with van der Waals surface area (Å²) in [5.74, 6) is -0.397. The molecule has 1 aromatic heterocycles. The first-order chi connectivity index (χ1) is 13.1. The van der Waals surface area contributed by atoms with Crippen molar-refractivity contribution in [3.8, 4) is 17.2 Å². The van der Waals surface area contributed by atoms with E-state index >= 15 is 0 Å². The third-order valence-corrected chi connectivity index (χ3v) is 4.45. The number of nitrogens with zero attached hydrogens (tertiary/aromatic N) is 2. The van der Waals surface area contributed by atoms with Crippen LogP contribution < -0.4 is 4.74 Å². The van der Waals surface area contributed by atoms with Crippen LogP contribution in [0.5, 0.6) is 5.75 Å². The Hall–Kier alpha value is -2.84. The van der Waals surface area contributed by atoms with Gasteiger partial charge in [-0.2, -0.15) is 0 Å². The molecule has 0 radical (unpaired) electrons. The van der Waals surface area contributed by atoms with E-state index in [1.165, 1.54) is 31.4 Å². The lowest BCUT2D eigenvalue weighted by molar-refractivity contribution is -0.131. The van der Waals surface area contributed by atoms with Crippen molar-refractivity contribution in [1.29, 1.82) is 0 Å². The fraction of sp³-hybridized carbons (Fsp3) is 0.111. The van der Waals surface area contributed by atoms with Crippen LogP contribution in [0.25, 0.3) is 11.5 Å². The van der Waals surface area contributed by atoms with E-state index in [1.807, 2.05) is 0 Å². The number of hydrogen-bond acceptors (Lipinski definition) is 8. The summed E-state index contributed by atoms with van der Waals surface area (Å²) in [4.78, 5) is 23.3. The normalized spacial score (nSPS) is 10.4. The maximum absolute atomic E-state index is 11.9. The molecule has 1 heterocycles. The Balaban J connectivity index is 1.55. The number of ether oxygens (including phenoxy) is 2. The standard InChI is InChI=1S/C18H13ClN2O5S/c1-24-17(23)11-6-8-12(9-7-11)25-15(22)10-27-18-21-20-16(26-18)13-4-2-3-5-14(13)19/h2-9H,10H2,1H3. The molecule has 27 heavy (non-hydrogen) atoms. The Morgan fingerprint density at radius 2 is 1.85 bits per heavy atom. The van der Waals surface area contributed by atoms with Gasteiger partial charge in [0, 0.05) is 0 Å². The van der Waals surface area contributed by atoms with Crippen molar-refractivity contribution in [2.75, 3.05) is 12.9 Å². The van der Waals surface area contributed by atoms with Crippen LogP contribution in [0.3, 0.4) is 0 Å². The van der Waals surface area contributed by atoms with E-state index < -0.39 is 11.9 Å². The van der Waals surface area contributed by atoms with Crippen molar-refractivity contribution in [3.63, 3.8) is 0 Å². The molecule has 0 saturated heterocycles. The Morgan fingerprint density at radius 3 is 2.56 bits per heavy atom. The number of benzene rings is 2. The van der Waals surface area contributed by atoms with E-state index in [-0.39, 0.29) is 16.9 Å². The van der Waals surface area contributed by atoms with E-state index in [2.05, 4.69) is 14.9 Å². The van der Waals surface area contributed by atoms with Gasteiger partial charge in [0.25, 0.3) is 5.22 Å². The predicted octanol–water partition coefficient (Wildman–Crippen LogP) is 3.87. The van der Waals surface area contributed by atoms with Crippen molar-refractivity contribution in [3.05, 3.63) is 59.1 Å². The second-order valence-corrected chi connectivity index (χ2v) is 6.47. The second kappa shape index (κ2) is 8.70. The van der Waals surface area contributed by atoms with Crippen LogP contribution in [0.1, 0.15) is 10.4 Å². The lowest BCUT2D eigenvalue weighted by Gasteiger charge is -2.04. The summed E-state index contributed by atoms with van der Waals surface area (Å²) in [7, 11) is 1.29. The predicted molar refractivity (Wildman–Crippen MR) is 98.9 cm³/mol. The van der Waals surface area contributed by atoms with Gasteiger partial charge in [-0.05, 0) is 36.4 Å². The van der Waals surface area contributed by atoms with E-state index in [0.29, 0.717) is 21.9 Å². The molecule has 0 aliphatic heterocycles. The molecule has 7 nitrogen and oxygen atoms in total. The summed E-state index contributed by atoms with van der Waals surface area (Å²) < 4.78 is 15.3. The summed E-state index contributed by atoms with van der Waals surface area (Å²) in [5, 5.41) is 8.53. The molecule has 0 aliphatic rings. The summed E-state index contributed by atoms with van der Waals surface area (Å²) in [6, 6.07) is 13.1. The van der Waals surface area contributed by atoms with Crippen LogP contribution >= 0.6 is 23.4 Å². The molecule has 0 spiro atoms. The number of carbonyl (C=O) groups is 2. The maximum Gasteiger partial charge on any atom is 0.337 e. The molecule has 0 amide bonds. The van der Waals surface area contributed by atoms with Gasteiger partial charge in [-0.15, -0.1) is 10.2 Å². The zero-order valence-electron chi connectivity index (χ0n) is 14.0. The average Bonchev–Trinajstić information content (AvgIpc) is 3.15. The van der Waals surface area contributed by atoms with E-state index in [1.54, 1.807) is 24.3 Å². The van der Waals surface area contributed by atoms with E-state index in [4.69, 9.17) is 20.8 Å². The fourth-order valence-electron chi connectivity index (χ4n) is 2.07. The molecular weight excluding hydrogens is 392 g/mol. The van der Waals surface area contributed by atoms with Gasteiger partial charge < -0.3 is 13.9 Å². The highest BCUT2D eigenvalue weighted by Crippen LogP contribution is 2.28. The molecule has 3 aromatic rings. The summed E-state index contributed by atoms with van der Waals surface area (Å²) in [6.07, 6.45) is 0. The van der Waals surface area contributed by atoms with Gasteiger partial charge in [-0.1, -0.05) is 35.5 Å². The van der Waals surface area contributed by atoms with Gasteiger partial charge in [-0.25, -0.2) is 4.79 Å². The van der Waals surface area contributed by atoms with Crippen molar-refractivity contribution in [1.82, 2.24) is 10.2 Å². The average molecular weight is 405 g/mol. The summed E-state index contributed by atoms with van der Waals surface area (Å²) >= 11 is 7.14. The van der Waals surface area contributed by atoms with Gasteiger partial charge in [0.05, 0.1) is 23.3 Å². The number of halogens is 1. The van der Waals surface area contributed by atoms with Crippen LogP contribution in [0.4, 0.5) is 0 Å². The minimum atomic E-state index is -0.497. The number of methoxy groups -OCH3 is 1. The Kier molecular flexibility index (Phi) is 6.10. The molecule has 0 atom stereocenters. The number of thioether (sulfide) groups is 1. The van der Waals surface area contributed by atoms with Gasteiger partial charge in [0.15, 0.2) is 0 Å². The van der Waals surface area contributed by atoms with Crippen LogP contribution in [-0.4, -0.2) is 35.0 Å². The number of carbonyl (C=O) groups excluding carboxylic acids is 2. The first-order valence-corrected chi connectivity index (χ1v) is 9.03. The van der Waals surface area contributed by atoms with Crippen molar-refractivity contribution < 1.29 is 23.5 Å². The van der Waals surface area contributed by atoms with E-state index in [9.17, 15) is 9.59 Å². The molecule has 2 aromatic carbocycles. The van der Waals surface area contributed by atoms with Gasteiger partial charge >= 0.3 is 11.9 Å². The lowest BCUT2D eigenvalue weighted by Crippen LogP contribution is -2.11. The lowest BCUT2D eigenvalue weighted by atomic mass is 10.2. The highest BCUT2D eigenvalue weighted by molar-refractivity contribution is 7.99. The molecular formula is C18H13ClN2O5S. The van der Waals surface area contributed by atoms with Crippen LogP contribution in [0, 0.1) is 0 Å². The van der Waals surface area contributed by atoms with Gasteiger partial charge in [0.1, 0.15) is 11.5 Å². The monoisotopic (exact) mass is 404 g/mol. The van der Waals surface area contributed by atoms with Crippen LogP contribution in [0.15, 0.2) is 58.2 Å². The molecule has 0 saturated carbocycles. The maximum atomic E-state index is 11.9. The number of aromatic nitrogens is 2.